The lowest BCUT2D eigenvalue weighted by Crippen LogP contribution is -2.37. The predicted octanol–water partition coefficient (Wildman–Crippen LogP) is 4.68. The Hall–Kier alpha value is -0.340. The van der Waals surface area contributed by atoms with Crippen molar-refractivity contribution >= 4 is 11.3 Å². The minimum atomic E-state index is 0.656. The minimum absolute atomic E-state index is 0.656. The maximum absolute atomic E-state index is 3.95. The highest BCUT2D eigenvalue weighted by Crippen LogP contribution is 2.35. The van der Waals surface area contributed by atoms with E-state index in [4.69, 9.17) is 0 Å². The van der Waals surface area contributed by atoms with E-state index in [1.807, 2.05) is 11.3 Å². The lowest BCUT2D eigenvalue weighted by molar-refractivity contribution is 0.262. The van der Waals surface area contributed by atoms with Crippen molar-refractivity contribution in [2.24, 2.45) is 5.92 Å². The van der Waals surface area contributed by atoms with Gasteiger partial charge in [-0.05, 0) is 67.9 Å². The molecule has 100 valence electrons. The van der Waals surface area contributed by atoms with Crippen LogP contribution in [0.3, 0.4) is 0 Å². The Bertz CT molecular complexity index is 376. The van der Waals surface area contributed by atoms with E-state index < -0.39 is 0 Å². The Kier molecular flexibility index (Phi) is 4.05. The van der Waals surface area contributed by atoms with Gasteiger partial charge in [0.05, 0.1) is 0 Å². The molecule has 1 atom stereocenters. The van der Waals surface area contributed by atoms with E-state index in [-0.39, 0.29) is 0 Å². The second kappa shape index (κ2) is 5.75. The first-order valence-electron chi connectivity index (χ1n) is 7.69. The van der Waals surface area contributed by atoms with Crippen LogP contribution in [-0.2, 0) is 6.42 Å². The Morgan fingerprint density at radius 3 is 2.83 bits per heavy atom. The molecular formula is C16H25NS. The third-order valence-corrected chi connectivity index (χ3v) is 5.91. The normalized spacial score (nSPS) is 32.2. The van der Waals surface area contributed by atoms with Crippen LogP contribution in [0.4, 0.5) is 0 Å². The van der Waals surface area contributed by atoms with Crippen molar-refractivity contribution in [2.75, 3.05) is 0 Å². The molecule has 0 amide bonds. The Morgan fingerprint density at radius 1 is 1.22 bits per heavy atom. The molecular weight excluding hydrogens is 238 g/mol. The summed E-state index contributed by atoms with van der Waals surface area (Å²) in [6.45, 7) is 2.34. The van der Waals surface area contributed by atoms with Crippen molar-refractivity contribution in [3.05, 3.63) is 21.9 Å². The Labute approximate surface area is 115 Å². The summed E-state index contributed by atoms with van der Waals surface area (Å²) in [4.78, 5) is 1.64. The second-order valence-electron chi connectivity index (χ2n) is 6.04. The molecule has 0 bridgehead atoms. The highest BCUT2D eigenvalue weighted by molar-refractivity contribution is 7.10. The number of nitrogens with one attached hydrogen (secondary N) is 1. The molecule has 0 aromatic carbocycles. The van der Waals surface area contributed by atoms with E-state index in [2.05, 4.69) is 23.7 Å². The van der Waals surface area contributed by atoms with E-state index in [0.29, 0.717) is 6.04 Å². The molecule has 0 aliphatic heterocycles. The molecule has 1 N–H and O–H groups in total. The average molecular weight is 263 g/mol. The topological polar surface area (TPSA) is 12.0 Å². The average Bonchev–Trinajstić information content (AvgIpc) is 2.89. The van der Waals surface area contributed by atoms with E-state index in [1.54, 1.807) is 10.4 Å². The van der Waals surface area contributed by atoms with Crippen molar-refractivity contribution in [3.63, 3.8) is 0 Å². The second-order valence-corrected chi connectivity index (χ2v) is 7.04. The highest BCUT2D eigenvalue weighted by Gasteiger charge is 2.26. The van der Waals surface area contributed by atoms with Crippen LogP contribution in [0.1, 0.15) is 68.4 Å². The molecule has 3 rings (SSSR count). The molecule has 1 saturated carbocycles. The highest BCUT2D eigenvalue weighted by atomic mass is 32.1. The molecule has 1 nitrogen and oxygen atoms in total. The molecule has 0 radical (unpaired) electrons. The largest absolute Gasteiger partial charge is 0.307 e. The van der Waals surface area contributed by atoms with Gasteiger partial charge in [-0.2, -0.15) is 0 Å². The van der Waals surface area contributed by atoms with Gasteiger partial charge in [0, 0.05) is 17.0 Å². The summed E-state index contributed by atoms with van der Waals surface area (Å²) in [6.07, 6.45) is 11.1. The van der Waals surface area contributed by atoms with Crippen LogP contribution in [0.25, 0.3) is 0 Å². The quantitative estimate of drug-likeness (QED) is 0.834. The molecule has 1 fully saturated rings. The molecule has 0 saturated heterocycles. The summed E-state index contributed by atoms with van der Waals surface area (Å²) in [5.41, 5.74) is 1.61. The molecule has 0 spiro atoms. The zero-order chi connectivity index (χ0) is 12.4. The fraction of sp³-hybridized carbons (Fsp3) is 0.750. The number of fused-ring (bicyclic) bond motifs is 1. The monoisotopic (exact) mass is 263 g/mol. The summed E-state index contributed by atoms with van der Waals surface area (Å²) in [6, 6.07) is 3.79. The van der Waals surface area contributed by atoms with Gasteiger partial charge < -0.3 is 5.32 Å². The first-order valence-corrected chi connectivity index (χ1v) is 8.57. The van der Waals surface area contributed by atoms with Gasteiger partial charge in [0.1, 0.15) is 0 Å². The zero-order valence-corrected chi connectivity index (χ0v) is 12.3. The van der Waals surface area contributed by atoms with E-state index in [0.717, 1.165) is 12.0 Å². The van der Waals surface area contributed by atoms with Gasteiger partial charge in [-0.3, -0.25) is 0 Å². The minimum Gasteiger partial charge on any atom is -0.307 e. The van der Waals surface area contributed by atoms with Gasteiger partial charge >= 0.3 is 0 Å². The molecule has 2 heteroatoms. The Morgan fingerprint density at radius 2 is 2.06 bits per heavy atom. The third-order valence-electron chi connectivity index (χ3n) is 4.91. The summed E-state index contributed by atoms with van der Waals surface area (Å²) in [5, 5.41) is 6.23. The molecule has 1 heterocycles. The first kappa shape index (κ1) is 12.7. The summed E-state index contributed by atoms with van der Waals surface area (Å²) < 4.78 is 0. The summed E-state index contributed by atoms with van der Waals surface area (Å²) in [7, 11) is 0. The maximum Gasteiger partial charge on any atom is 0.0333 e. The summed E-state index contributed by atoms with van der Waals surface area (Å²) >= 11 is 1.96. The summed E-state index contributed by atoms with van der Waals surface area (Å²) in [5.74, 6) is 1.01. The van der Waals surface area contributed by atoms with Crippen LogP contribution >= 0.6 is 11.3 Å². The molecule has 1 aromatic rings. The van der Waals surface area contributed by atoms with Crippen molar-refractivity contribution < 1.29 is 0 Å². The smallest absolute Gasteiger partial charge is 0.0333 e. The van der Waals surface area contributed by atoms with E-state index in [1.165, 1.54) is 51.4 Å². The lowest BCUT2D eigenvalue weighted by Gasteiger charge is -2.33. The van der Waals surface area contributed by atoms with Crippen molar-refractivity contribution in [1.29, 1.82) is 0 Å². The van der Waals surface area contributed by atoms with Crippen LogP contribution in [0.5, 0.6) is 0 Å². The van der Waals surface area contributed by atoms with Crippen molar-refractivity contribution in [3.8, 4) is 0 Å². The van der Waals surface area contributed by atoms with Crippen molar-refractivity contribution in [1.82, 2.24) is 5.32 Å². The van der Waals surface area contributed by atoms with Gasteiger partial charge in [0.15, 0.2) is 0 Å². The predicted molar refractivity (Wildman–Crippen MR) is 79.2 cm³/mol. The lowest BCUT2D eigenvalue weighted by atomic mass is 9.83. The third kappa shape index (κ3) is 2.65. The molecule has 2 aliphatic carbocycles. The first-order chi connectivity index (χ1) is 8.86. The van der Waals surface area contributed by atoms with Crippen LogP contribution in [0, 0.1) is 5.92 Å². The van der Waals surface area contributed by atoms with Gasteiger partial charge in [0.25, 0.3) is 0 Å². The number of thiophene rings is 1. The van der Waals surface area contributed by atoms with Crippen LogP contribution in [0.2, 0.25) is 0 Å². The van der Waals surface area contributed by atoms with E-state index in [9.17, 15) is 0 Å². The number of aryl methyl sites for hydroxylation is 1. The van der Waals surface area contributed by atoms with Gasteiger partial charge in [-0.15, -0.1) is 11.3 Å². The standard InChI is InChI=1S/C16H25NS/c1-2-12-6-8-13(9-7-12)17-15-4-3-5-16-14(15)10-11-18-16/h10-13,15,17H,2-9H2,1H3. The van der Waals surface area contributed by atoms with Gasteiger partial charge in [-0.1, -0.05) is 13.3 Å². The fourth-order valence-corrected chi connectivity index (χ4v) is 4.67. The van der Waals surface area contributed by atoms with Gasteiger partial charge in [0.2, 0.25) is 0 Å². The number of hydrogen-bond acceptors (Lipinski definition) is 2. The van der Waals surface area contributed by atoms with Crippen molar-refractivity contribution in [2.45, 2.75) is 70.4 Å². The molecule has 1 aromatic heterocycles. The number of hydrogen-bond donors (Lipinski definition) is 1. The maximum atomic E-state index is 3.95. The molecule has 2 aliphatic rings. The van der Waals surface area contributed by atoms with Crippen LogP contribution in [-0.4, -0.2) is 6.04 Å². The van der Waals surface area contributed by atoms with Gasteiger partial charge in [-0.25, -0.2) is 0 Å². The Balaban J connectivity index is 1.58. The number of rotatable bonds is 3. The van der Waals surface area contributed by atoms with E-state index >= 15 is 0 Å². The van der Waals surface area contributed by atoms with Crippen LogP contribution in [0.15, 0.2) is 11.4 Å². The van der Waals surface area contributed by atoms with Crippen LogP contribution < -0.4 is 5.32 Å². The molecule has 18 heavy (non-hydrogen) atoms. The fourth-order valence-electron chi connectivity index (χ4n) is 3.68. The SMILES string of the molecule is CCC1CCC(NC2CCCc3sccc32)CC1. The zero-order valence-electron chi connectivity index (χ0n) is 11.5. The molecule has 1 unspecified atom stereocenters.